The molecule has 1 aliphatic rings. The SMILES string of the molecule is Nc1cc(F)c(C(=O)N2CCC2)cc1F. The van der Waals surface area contributed by atoms with Gasteiger partial charge < -0.3 is 10.6 Å². The first kappa shape index (κ1) is 9.89. The standard InChI is InChI=1S/C10H10F2N2O/c11-7-5-9(13)8(12)4-6(7)10(15)14-2-1-3-14/h4-5H,1-3,13H2. The van der Waals surface area contributed by atoms with E-state index >= 15 is 0 Å². The number of rotatable bonds is 1. The number of likely N-dealkylation sites (tertiary alicyclic amines) is 1. The number of hydrogen-bond acceptors (Lipinski definition) is 2. The van der Waals surface area contributed by atoms with Gasteiger partial charge in [0.2, 0.25) is 0 Å². The lowest BCUT2D eigenvalue weighted by Gasteiger charge is -2.31. The van der Waals surface area contributed by atoms with Crippen LogP contribution in [-0.4, -0.2) is 23.9 Å². The largest absolute Gasteiger partial charge is 0.396 e. The van der Waals surface area contributed by atoms with Crippen LogP contribution in [0.2, 0.25) is 0 Å². The van der Waals surface area contributed by atoms with Crippen LogP contribution in [0, 0.1) is 11.6 Å². The number of nitrogen functional groups attached to an aromatic ring is 1. The second-order valence-electron chi connectivity index (χ2n) is 3.50. The predicted octanol–water partition coefficient (Wildman–Crippen LogP) is 1.39. The van der Waals surface area contributed by atoms with Crippen LogP contribution < -0.4 is 5.73 Å². The zero-order chi connectivity index (χ0) is 11.0. The maximum Gasteiger partial charge on any atom is 0.256 e. The topological polar surface area (TPSA) is 46.3 Å². The Labute approximate surface area is 85.5 Å². The number of halogens is 2. The Kier molecular flexibility index (Phi) is 2.30. The molecule has 5 heteroatoms. The summed E-state index contributed by atoms with van der Waals surface area (Å²) in [6, 6.07) is 1.69. The Morgan fingerprint density at radius 2 is 1.93 bits per heavy atom. The average molecular weight is 212 g/mol. The van der Waals surface area contributed by atoms with Gasteiger partial charge in [0.15, 0.2) is 0 Å². The van der Waals surface area contributed by atoms with Gasteiger partial charge in [-0.1, -0.05) is 0 Å². The molecule has 0 radical (unpaired) electrons. The van der Waals surface area contributed by atoms with Crippen LogP contribution >= 0.6 is 0 Å². The first-order valence-corrected chi connectivity index (χ1v) is 4.63. The lowest BCUT2D eigenvalue weighted by atomic mass is 10.1. The molecule has 0 unspecified atom stereocenters. The van der Waals surface area contributed by atoms with E-state index in [-0.39, 0.29) is 11.3 Å². The van der Waals surface area contributed by atoms with E-state index in [1.165, 1.54) is 4.90 Å². The molecule has 1 fully saturated rings. The molecule has 0 bridgehead atoms. The third kappa shape index (κ3) is 1.65. The molecular weight excluding hydrogens is 202 g/mol. The van der Waals surface area contributed by atoms with E-state index in [4.69, 9.17) is 5.73 Å². The molecule has 1 saturated heterocycles. The van der Waals surface area contributed by atoms with E-state index in [1.54, 1.807) is 0 Å². The highest BCUT2D eigenvalue weighted by Gasteiger charge is 2.24. The summed E-state index contributed by atoms with van der Waals surface area (Å²) in [7, 11) is 0. The highest BCUT2D eigenvalue weighted by molar-refractivity contribution is 5.95. The molecule has 3 nitrogen and oxygen atoms in total. The molecule has 80 valence electrons. The smallest absolute Gasteiger partial charge is 0.256 e. The maximum absolute atomic E-state index is 13.3. The van der Waals surface area contributed by atoms with E-state index in [9.17, 15) is 13.6 Å². The van der Waals surface area contributed by atoms with Crippen molar-refractivity contribution >= 4 is 11.6 Å². The van der Waals surface area contributed by atoms with Gasteiger partial charge in [-0.15, -0.1) is 0 Å². The number of amides is 1. The Hall–Kier alpha value is -1.65. The van der Waals surface area contributed by atoms with Gasteiger partial charge in [0, 0.05) is 19.2 Å². The van der Waals surface area contributed by atoms with Gasteiger partial charge >= 0.3 is 0 Å². The van der Waals surface area contributed by atoms with E-state index in [0.29, 0.717) is 13.1 Å². The minimum atomic E-state index is -0.772. The zero-order valence-electron chi connectivity index (χ0n) is 7.96. The summed E-state index contributed by atoms with van der Waals surface area (Å²) < 4.78 is 26.3. The molecule has 1 aromatic rings. The van der Waals surface area contributed by atoms with Gasteiger partial charge in [0.25, 0.3) is 5.91 Å². The molecule has 1 heterocycles. The van der Waals surface area contributed by atoms with Crippen LogP contribution in [0.3, 0.4) is 0 Å². The molecule has 0 aliphatic carbocycles. The number of carbonyl (C=O) groups excluding carboxylic acids is 1. The summed E-state index contributed by atoms with van der Waals surface area (Å²) in [4.78, 5) is 13.1. The molecular formula is C10H10F2N2O. The third-order valence-corrected chi connectivity index (χ3v) is 2.46. The quantitative estimate of drug-likeness (QED) is 0.715. The van der Waals surface area contributed by atoms with Crippen molar-refractivity contribution in [3.8, 4) is 0 Å². The fraction of sp³-hybridized carbons (Fsp3) is 0.300. The monoisotopic (exact) mass is 212 g/mol. The van der Waals surface area contributed by atoms with Gasteiger partial charge in [-0.2, -0.15) is 0 Å². The van der Waals surface area contributed by atoms with Gasteiger partial charge in [-0.3, -0.25) is 4.79 Å². The summed E-state index contributed by atoms with van der Waals surface area (Å²) >= 11 is 0. The minimum absolute atomic E-state index is 0.249. The molecule has 0 atom stereocenters. The van der Waals surface area contributed by atoms with Gasteiger partial charge in [-0.05, 0) is 12.5 Å². The molecule has 0 spiro atoms. The van der Waals surface area contributed by atoms with E-state index in [2.05, 4.69) is 0 Å². The molecule has 0 aromatic heterocycles. The Morgan fingerprint density at radius 3 is 2.47 bits per heavy atom. The highest BCUT2D eigenvalue weighted by Crippen LogP contribution is 2.20. The molecule has 15 heavy (non-hydrogen) atoms. The maximum atomic E-state index is 13.3. The Bertz CT molecular complexity index is 416. The fourth-order valence-electron chi connectivity index (χ4n) is 1.42. The summed E-state index contributed by atoms with van der Waals surface area (Å²) in [6.45, 7) is 1.20. The molecule has 1 amide bonds. The van der Waals surface area contributed by atoms with Crippen LogP contribution in [0.25, 0.3) is 0 Å². The lowest BCUT2D eigenvalue weighted by molar-refractivity contribution is 0.0646. The van der Waals surface area contributed by atoms with E-state index in [1.807, 2.05) is 0 Å². The summed E-state index contributed by atoms with van der Waals surface area (Å²) in [5, 5.41) is 0. The number of hydrogen-bond donors (Lipinski definition) is 1. The second kappa shape index (κ2) is 3.49. The summed E-state index contributed by atoms with van der Waals surface area (Å²) in [5.41, 5.74) is 4.64. The molecule has 1 aromatic carbocycles. The predicted molar refractivity (Wildman–Crippen MR) is 51.3 cm³/mol. The van der Waals surface area contributed by atoms with Crippen LogP contribution in [0.5, 0.6) is 0 Å². The average Bonchev–Trinajstić information content (AvgIpc) is 2.08. The Balaban J connectivity index is 2.34. The summed E-state index contributed by atoms with van der Waals surface area (Å²) in [5.74, 6) is -2.01. The number of carbonyl (C=O) groups is 1. The van der Waals surface area contributed by atoms with Gasteiger partial charge in [0.05, 0.1) is 11.3 Å². The van der Waals surface area contributed by atoms with Crippen molar-refractivity contribution in [1.29, 1.82) is 0 Å². The third-order valence-electron chi connectivity index (χ3n) is 2.46. The highest BCUT2D eigenvalue weighted by atomic mass is 19.1. The van der Waals surface area contributed by atoms with Crippen molar-refractivity contribution in [2.24, 2.45) is 0 Å². The Morgan fingerprint density at radius 1 is 1.27 bits per heavy atom. The minimum Gasteiger partial charge on any atom is -0.396 e. The summed E-state index contributed by atoms with van der Waals surface area (Å²) in [6.07, 6.45) is 0.908. The van der Waals surface area contributed by atoms with E-state index in [0.717, 1.165) is 18.6 Å². The van der Waals surface area contributed by atoms with Gasteiger partial charge in [0.1, 0.15) is 11.6 Å². The number of anilines is 1. The van der Waals surface area contributed by atoms with Crippen LogP contribution in [0.4, 0.5) is 14.5 Å². The first-order valence-electron chi connectivity index (χ1n) is 4.63. The van der Waals surface area contributed by atoms with Crippen LogP contribution in [-0.2, 0) is 0 Å². The van der Waals surface area contributed by atoms with Crippen LogP contribution in [0.1, 0.15) is 16.8 Å². The molecule has 2 N–H and O–H groups in total. The van der Waals surface area contributed by atoms with Crippen molar-refractivity contribution < 1.29 is 13.6 Å². The first-order chi connectivity index (χ1) is 7.09. The van der Waals surface area contributed by atoms with Crippen molar-refractivity contribution in [2.45, 2.75) is 6.42 Å². The van der Waals surface area contributed by atoms with E-state index < -0.39 is 17.5 Å². The fourth-order valence-corrected chi connectivity index (χ4v) is 1.42. The van der Waals surface area contributed by atoms with Crippen LogP contribution in [0.15, 0.2) is 12.1 Å². The molecule has 2 rings (SSSR count). The number of nitrogens with two attached hydrogens (primary N) is 1. The second-order valence-corrected chi connectivity index (χ2v) is 3.50. The van der Waals surface area contributed by atoms with Crippen molar-refractivity contribution in [2.75, 3.05) is 18.8 Å². The van der Waals surface area contributed by atoms with Gasteiger partial charge in [-0.25, -0.2) is 8.78 Å². The zero-order valence-corrected chi connectivity index (χ0v) is 7.96. The molecule has 1 aliphatic heterocycles. The number of nitrogens with zero attached hydrogens (tertiary/aromatic N) is 1. The van der Waals surface area contributed by atoms with Crippen molar-refractivity contribution in [1.82, 2.24) is 4.90 Å². The molecule has 0 saturated carbocycles. The number of benzene rings is 1. The normalized spacial score (nSPS) is 14.9. The lowest BCUT2D eigenvalue weighted by Crippen LogP contribution is -2.42. The van der Waals surface area contributed by atoms with Crippen molar-refractivity contribution in [3.63, 3.8) is 0 Å². The van der Waals surface area contributed by atoms with Crippen molar-refractivity contribution in [3.05, 3.63) is 29.3 Å².